The predicted octanol–water partition coefficient (Wildman–Crippen LogP) is 2.45. The van der Waals surface area contributed by atoms with Gasteiger partial charge in [-0.25, -0.2) is 4.39 Å². The van der Waals surface area contributed by atoms with E-state index in [0.717, 1.165) is 12.0 Å². The van der Waals surface area contributed by atoms with Gasteiger partial charge in [-0.2, -0.15) is 0 Å². The average Bonchev–Trinajstić information content (AvgIpc) is 2.48. The number of hydrazine groups is 1. The van der Waals surface area contributed by atoms with Gasteiger partial charge in [0.25, 0.3) is 0 Å². The molecule has 0 aliphatic carbocycles. The number of benzene rings is 2. The smallest absolute Gasteiger partial charge is 0.165 e. The van der Waals surface area contributed by atoms with Gasteiger partial charge in [-0.3, -0.25) is 11.3 Å². The molecule has 0 amide bonds. The van der Waals surface area contributed by atoms with Crippen LogP contribution in [-0.2, 0) is 12.8 Å². The Hall–Kier alpha value is -1.91. The van der Waals surface area contributed by atoms with Crippen LogP contribution in [0.2, 0.25) is 0 Å². The van der Waals surface area contributed by atoms with Crippen molar-refractivity contribution in [2.24, 2.45) is 5.84 Å². The first-order valence-electron chi connectivity index (χ1n) is 6.55. The molecule has 2 aromatic carbocycles. The normalized spacial score (nSPS) is 12.2. The lowest BCUT2D eigenvalue weighted by atomic mass is 9.99. The largest absolute Gasteiger partial charge is 0.494 e. The summed E-state index contributed by atoms with van der Waals surface area (Å²) in [6.07, 6.45) is 1.46. The van der Waals surface area contributed by atoms with E-state index in [-0.39, 0.29) is 17.6 Å². The highest BCUT2D eigenvalue weighted by Gasteiger charge is 2.11. The van der Waals surface area contributed by atoms with Gasteiger partial charge in [0.1, 0.15) is 0 Å². The van der Waals surface area contributed by atoms with Crippen LogP contribution in [0, 0.1) is 5.82 Å². The van der Waals surface area contributed by atoms with Gasteiger partial charge in [0.2, 0.25) is 0 Å². The maximum Gasteiger partial charge on any atom is 0.165 e. The second kappa shape index (κ2) is 7.03. The van der Waals surface area contributed by atoms with Crippen molar-refractivity contribution in [3.63, 3.8) is 0 Å². The molecule has 0 spiro atoms. The summed E-state index contributed by atoms with van der Waals surface area (Å²) < 4.78 is 18.6. The predicted molar refractivity (Wildman–Crippen MR) is 77.9 cm³/mol. The zero-order chi connectivity index (χ0) is 14.4. The Morgan fingerprint density at radius 1 is 1.10 bits per heavy atom. The molecule has 20 heavy (non-hydrogen) atoms. The molecule has 3 nitrogen and oxygen atoms in total. The molecule has 2 rings (SSSR count). The fourth-order valence-corrected chi connectivity index (χ4v) is 2.21. The van der Waals surface area contributed by atoms with Crippen molar-refractivity contribution in [3.8, 4) is 5.75 Å². The zero-order valence-corrected chi connectivity index (χ0v) is 11.5. The van der Waals surface area contributed by atoms with E-state index in [9.17, 15) is 4.39 Å². The van der Waals surface area contributed by atoms with E-state index in [0.29, 0.717) is 6.42 Å². The second-order valence-electron chi connectivity index (χ2n) is 4.73. The lowest BCUT2D eigenvalue weighted by Crippen LogP contribution is -2.38. The van der Waals surface area contributed by atoms with E-state index in [1.807, 2.05) is 24.3 Å². The highest BCUT2D eigenvalue weighted by Crippen LogP contribution is 2.19. The molecule has 0 aromatic heterocycles. The number of rotatable bonds is 6. The quantitative estimate of drug-likeness (QED) is 0.628. The summed E-state index contributed by atoms with van der Waals surface area (Å²) in [7, 11) is 1.46. The van der Waals surface area contributed by atoms with Crippen molar-refractivity contribution >= 4 is 0 Å². The molecule has 0 saturated carbocycles. The Kier molecular flexibility index (Phi) is 5.09. The summed E-state index contributed by atoms with van der Waals surface area (Å²) in [5.41, 5.74) is 4.88. The van der Waals surface area contributed by atoms with Gasteiger partial charge in [0.15, 0.2) is 11.6 Å². The van der Waals surface area contributed by atoms with Crippen molar-refractivity contribution in [2.75, 3.05) is 7.11 Å². The van der Waals surface area contributed by atoms with E-state index >= 15 is 0 Å². The van der Waals surface area contributed by atoms with Gasteiger partial charge in [-0.05, 0) is 36.1 Å². The fraction of sp³-hybridized carbons (Fsp3) is 0.250. The first-order valence-corrected chi connectivity index (χ1v) is 6.55. The van der Waals surface area contributed by atoms with Crippen LogP contribution in [0.4, 0.5) is 4.39 Å². The van der Waals surface area contributed by atoms with E-state index in [4.69, 9.17) is 10.6 Å². The van der Waals surface area contributed by atoms with E-state index < -0.39 is 0 Å². The molecule has 4 heteroatoms. The third-order valence-electron chi connectivity index (χ3n) is 3.26. The first-order chi connectivity index (χ1) is 9.72. The number of hydrogen-bond acceptors (Lipinski definition) is 3. The molecule has 0 aliphatic rings. The summed E-state index contributed by atoms with van der Waals surface area (Å²) in [5, 5.41) is 0. The fourth-order valence-electron chi connectivity index (χ4n) is 2.21. The van der Waals surface area contributed by atoms with Gasteiger partial charge in [-0.15, -0.1) is 0 Å². The summed E-state index contributed by atoms with van der Waals surface area (Å²) >= 11 is 0. The molecule has 0 aliphatic heterocycles. The Balaban J connectivity index is 2.04. The van der Waals surface area contributed by atoms with Crippen molar-refractivity contribution in [1.29, 1.82) is 0 Å². The van der Waals surface area contributed by atoms with E-state index in [1.54, 1.807) is 6.07 Å². The second-order valence-corrected chi connectivity index (χ2v) is 4.73. The van der Waals surface area contributed by atoms with Crippen molar-refractivity contribution in [3.05, 3.63) is 65.5 Å². The molecule has 0 saturated heterocycles. The Morgan fingerprint density at radius 3 is 2.40 bits per heavy atom. The van der Waals surface area contributed by atoms with Crippen LogP contribution >= 0.6 is 0 Å². The average molecular weight is 274 g/mol. The van der Waals surface area contributed by atoms with Crippen LogP contribution in [0.25, 0.3) is 0 Å². The molecular formula is C16H19FN2O. The van der Waals surface area contributed by atoms with Crippen LogP contribution in [0.1, 0.15) is 11.1 Å². The van der Waals surface area contributed by atoms with Gasteiger partial charge < -0.3 is 4.74 Å². The lowest BCUT2D eigenvalue weighted by molar-refractivity contribution is 0.386. The number of halogens is 1. The monoisotopic (exact) mass is 274 g/mol. The molecule has 106 valence electrons. The summed E-state index contributed by atoms with van der Waals surface area (Å²) in [6, 6.07) is 15.1. The van der Waals surface area contributed by atoms with Crippen LogP contribution in [0.5, 0.6) is 5.75 Å². The third kappa shape index (κ3) is 3.79. The minimum Gasteiger partial charge on any atom is -0.494 e. The van der Waals surface area contributed by atoms with Crippen molar-refractivity contribution in [1.82, 2.24) is 5.43 Å². The standard InChI is InChI=1S/C16H19FN2O/c1-20-16-8-7-13(11-15(16)17)10-14(19-18)9-12-5-3-2-4-6-12/h2-8,11,14,19H,9-10,18H2,1H3. The molecule has 0 fully saturated rings. The van der Waals surface area contributed by atoms with Gasteiger partial charge in [0.05, 0.1) is 7.11 Å². The first kappa shape index (κ1) is 14.5. The van der Waals surface area contributed by atoms with Gasteiger partial charge in [-0.1, -0.05) is 36.4 Å². The van der Waals surface area contributed by atoms with E-state index in [2.05, 4.69) is 17.6 Å². The van der Waals surface area contributed by atoms with Crippen molar-refractivity contribution in [2.45, 2.75) is 18.9 Å². The number of methoxy groups -OCH3 is 1. The summed E-state index contributed by atoms with van der Waals surface area (Å²) in [4.78, 5) is 0. The number of ether oxygens (including phenoxy) is 1. The van der Waals surface area contributed by atoms with Crippen LogP contribution in [0.15, 0.2) is 48.5 Å². The summed E-state index contributed by atoms with van der Waals surface area (Å²) in [5.74, 6) is 5.51. The number of hydrogen-bond donors (Lipinski definition) is 2. The molecular weight excluding hydrogens is 255 g/mol. The molecule has 0 heterocycles. The summed E-state index contributed by atoms with van der Waals surface area (Å²) in [6.45, 7) is 0. The SMILES string of the molecule is COc1ccc(CC(Cc2ccccc2)NN)cc1F. The lowest BCUT2D eigenvalue weighted by Gasteiger charge is -2.16. The maximum absolute atomic E-state index is 13.7. The minimum absolute atomic E-state index is 0.0604. The highest BCUT2D eigenvalue weighted by atomic mass is 19.1. The minimum atomic E-state index is -0.347. The Labute approximate surface area is 118 Å². The molecule has 0 bridgehead atoms. The Bertz CT molecular complexity index is 545. The maximum atomic E-state index is 13.7. The third-order valence-corrected chi connectivity index (χ3v) is 3.26. The van der Waals surface area contributed by atoms with Crippen LogP contribution in [-0.4, -0.2) is 13.2 Å². The van der Waals surface area contributed by atoms with Gasteiger partial charge >= 0.3 is 0 Å². The van der Waals surface area contributed by atoms with Crippen LogP contribution in [0.3, 0.4) is 0 Å². The van der Waals surface area contributed by atoms with Gasteiger partial charge in [0, 0.05) is 6.04 Å². The number of nitrogens with two attached hydrogens (primary N) is 1. The molecule has 1 atom stereocenters. The Morgan fingerprint density at radius 2 is 1.80 bits per heavy atom. The number of nitrogens with one attached hydrogen (secondary N) is 1. The zero-order valence-electron chi connectivity index (χ0n) is 11.5. The van der Waals surface area contributed by atoms with Crippen molar-refractivity contribution < 1.29 is 9.13 Å². The highest BCUT2D eigenvalue weighted by molar-refractivity contribution is 5.30. The van der Waals surface area contributed by atoms with Crippen LogP contribution < -0.4 is 16.0 Å². The molecule has 1 unspecified atom stereocenters. The topological polar surface area (TPSA) is 47.3 Å². The molecule has 3 N–H and O–H groups in total. The van der Waals surface area contributed by atoms with E-state index in [1.165, 1.54) is 18.7 Å². The molecule has 2 aromatic rings. The molecule has 0 radical (unpaired) electrons.